The van der Waals surface area contributed by atoms with Gasteiger partial charge >= 0.3 is 0 Å². The molecule has 0 atom stereocenters. The molecule has 38 heavy (non-hydrogen) atoms. The molecule has 1 heterocycles. The van der Waals surface area contributed by atoms with Gasteiger partial charge < -0.3 is 19.8 Å². The van der Waals surface area contributed by atoms with E-state index in [9.17, 15) is 4.79 Å². The van der Waals surface area contributed by atoms with Crippen molar-refractivity contribution in [3.05, 3.63) is 108 Å². The lowest BCUT2D eigenvalue weighted by Gasteiger charge is -2.28. The summed E-state index contributed by atoms with van der Waals surface area (Å²) >= 11 is 0. The maximum Gasteiger partial charge on any atom is 0.207 e. The Hall–Kier alpha value is -3.99. The highest BCUT2D eigenvalue weighted by Crippen LogP contribution is 2.36. The first kappa shape index (κ1) is 27.1. The van der Waals surface area contributed by atoms with Gasteiger partial charge in [-0.25, -0.2) is 0 Å². The number of amides is 1. The summed E-state index contributed by atoms with van der Waals surface area (Å²) in [6.07, 6.45) is 9.60. The van der Waals surface area contributed by atoms with E-state index >= 15 is 0 Å². The second-order valence-corrected chi connectivity index (χ2v) is 9.87. The molecular formula is C33H38N2O3. The smallest absolute Gasteiger partial charge is 0.207 e. The van der Waals surface area contributed by atoms with Gasteiger partial charge in [0.1, 0.15) is 18.1 Å². The number of nitrogens with one attached hydrogen (secondary N) is 2. The third kappa shape index (κ3) is 7.75. The molecule has 2 N–H and O–H groups in total. The highest BCUT2D eigenvalue weighted by Gasteiger charge is 2.22. The van der Waals surface area contributed by atoms with Crippen molar-refractivity contribution in [2.45, 2.75) is 45.1 Å². The minimum absolute atomic E-state index is 0.606. The molecule has 0 aliphatic heterocycles. The molecule has 5 heteroatoms. The summed E-state index contributed by atoms with van der Waals surface area (Å²) in [5, 5.41) is 2.81. The van der Waals surface area contributed by atoms with Gasteiger partial charge in [0.15, 0.2) is 0 Å². The fraction of sp³-hybridized carbons (Fsp3) is 0.303. The van der Waals surface area contributed by atoms with Crippen LogP contribution in [-0.4, -0.2) is 25.0 Å². The monoisotopic (exact) mass is 510 g/mol. The van der Waals surface area contributed by atoms with Crippen LogP contribution in [0.15, 0.2) is 91.3 Å². The minimum atomic E-state index is 0.606. The maximum atomic E-state index is 10.4. The van der Waals surface area contributed by atoms with E-state index in [1.807, 2.05) is 48.8 Å². The lowest BCUT2D eigenvalue weighted by Crippen LogP contribution is -2.25. The lowest BCUT2D eigenvalue weighted by atomic mass is 9.79. The van der Waals surface area contributed by atoms with Crippen LogP contribution in [0, 0.1) is 12.8 Å². The van der Waals surface area contributed by atoms with Gasteiger partial charge in [0.25, 0.3) is 0 Å². The Bertz CT molecular complexity index is 1240. The molecule has 5 rings (SSSR count). The van der Waals surface area contributed by atoms with Gasteiger partial charge in [-0.2, -0.15) is 0 Å². The summed E-state index contributed by atoms with van der Waals surface area (Å²) < 4.78 is 11.0. The number of aryl methyl sites for hydroxylation is 1. The van der Waals surface area contributed by atoms with Crippen molar-refractivity contribution in [3.63, 3.8) is 0 Å². The second kappa shape index (κ2) is 14.1. The molecule has 4 aromatic rings. The zero-order valence-corrected chi connectivity index (χ0v) is 22.4. The van der Waals surface area contributed by atoms with Crippen LogP contribution >= 0.6 is 0 Å². The van der Waals surface area contributed by atoms with E-state index in [0.717, 1.165) is 24.5 Å². The molecule has 1 aromatic heterocycles. The van der Waals surface area contributed by atoms with Crippen molar-refractivity contribution in [2.75, 3.05) is 13.7 Å². The predicted molar refractivity (Wildman–Crippen MR) is 153 cm³/mol. The standard InChI is InChI=1S/C21H25NO2.C12H13NO/c23-16-22-14-17-6-8-19(9-7-17)20-10-12-21(13-11-20)24-15-18-4-2-1-3-5-18;1-9-7-13-8-12(9)10-4-3-5-11(6-10)14-2/h1-5,10-13,16-17,19H,6-9,14-15H2,(H,22,23);3-8,13H,1-2H3. The zero-order valence-electron chi connectivity index (χ0n) is 22.4. The molecule has 3 aromatic carbocycles. The van der Waals surface area contributed by atoms with Crippen molar-refractivity contribution < 1.29 is 14.3 Å². The number of hydrogen-bond acceptors (Lipinski definition) is 3. The van der Waals surface area contributed by atoms with Crippen molar-refractivity contribution in [3.8, 4) is 22.6 Å². The Labute approximate surface area is 226 Å². The molecule has 0 radical (unpaired) electrons. The van der Waals surface area contributed by atoms with E-state index in [0.29, 0.717) is 18.4 Å². The minimum Gasteiger partial charge on any atom is -0.497 e. The van der Waals surface area contributed by atoms with Gasteiger partial charge in [-0.05, 0) is 91.0 Å². The molecule has 0 saturated heterocycles. The molecular weight excluding hydrogens is 472 g/mol. The third-order valence-corrected chi connectivity index (χ3v) is 7.27. The van der Waals surface area contributed by atoms with Gasteiger partial charge in [0.2, 0.25) is 6.41 Å². The van der Waals surface area contributed by atoms with Gasteiger partial charge in [-0.3, -0.25) is 4.79 Å². The second-order valence-electron chi connectivity index (χ2n) is 9.87. The van der Waals surface area contributed by atoms with Crippen LogP contribution < -0.4 is 14.8 Å². The number of ether oxygens (including phenoxy) is 2. The molecule has 1 aliphatic carbocycles. The van der Waals surface area contributed by atoms with Crippen molar-refractivity contribution in [1.29, 1.82) is 0 Å². The number of carbonyl (C=O) groups excluding carboxylic acids is 1. The summed E-state index contributed by atoms with van der Waals surface area (Å²) in [5.74, 6) is 3.09. The molecule has 1 fully saturated rings. The Morgan fingerprint density at radius 2 is 1.66 bits per heavy atom. The Kier molecular flexibility index (Phi) is 10.0. The van der Waals surface area contributed by atoms with E-state index in [1.54, 1.807) is 7.11 Å². The number of hydrogen-bond donors (Lipinski definition) is 2. The van der Waals surface area contributed by atoms with Crippen LogP contribution in [0.5, 0.6) is 11.5 Å². The quantitative estimate of drug-likeness (QED) is 0.233. The average molecular weight is 511 g/mol. The predicted octanol–water partition coefficient (Wildman–Crippen LogP) is 7.28. The first-order chi connectivity index (χ1) is 18.7. The number of benzene rings is 3. The van der Waals surface area contributed by atoms with E-state index in [-0.39, 0.29) is 0 Å². The van der Waals surface area contributed by atoms with Crippen LogP contribution in [0.4, 0.5) is 0 Å². The number of carbonyl (C=O) groups is 1. The first-order valence-electron chi connectivity index (χ1n) is 13.4. The number of H-pyrrole nitrogens is 1. The molecule has 1 saturated carbocycles. The van der Waals surface area contributed by atoms with E-state index in [1.165, 1.54) is 53.5 Å². The summed E-state index contributed by atoms with van der Waals surface area (Å²) in [6, 6.07) is 26.9. The summed E-state index contributed by atoms with van der Waals surface area (Å²) in [4.78, 5) is 13.5. The number of aromatic amines is 1. The Morgan fingerprint density at radius 1 is 0.895 bits per heavy atom. The van der Waals surface area contributed by atoms with Crippen molar-refractivity contribution >= 4 is 6.41 Å². The summed E-state index contributed by atoms with van der Waals surface area (Å²) in [6.45, 7) is 3.52. The molecule has 198 valence electrons. The average Bonchev–Trinajstić information content (AvgIpc) is 3.42. The topological polar surface area (TPSA) is 63.4 Å². The van der Waals surface area contributed by atoms with Crippen LogP contribution in [0.2, 0.25) is 0 Å². The molecule has 0 bridgehead atoms. The summed E-state index contributed by atoms with van der Waals surface area (Å²) in [5.41, 5.74) is 6.25. The van der Waals surface area contributed by atoms with E-state index < -0.39 is 0 Å². The first-order valence-corrected chi connectivity index (χ1v) is 13.4. The van der Waals surface area contributed by atoms with Crippen molar-refractivity contribution in [2.24, 2.45) is 5.92 Å². The largest absolute Gasteiger partial charge is 0.497 e. The van der Waals surface area contributed by atoms with Gasteiger partial charge in [-0.1, -0.05) is 54.6 Å². The van der Waals surface area contributed by atoms with Gasteiger partial charge in [0, 0.05) is 24.5 Å². The third-order valence-electron chi connectivity index (χ3n) is 7.27. The SMILES string of the molecule is COc1cccc(-c2c[nH]cc2C)c1.O=CNCC1CCC(c2ccc(OCc3ccccc3)cc2)CC1. The Balaban J connectivity index is 0.000000204. The maximum absolute atomic E-state index is 10.4. The molecule has 0 spiro atoms. The van der Waals surface area contributed by atoms with Crippen molar-refractivity contribution in [1.82, 2.24) is 10.3 Å². The zero-order chi connectivity index (χ0) is 26.6. The summed E-state index contributed by atoms with van der Waals surface area (Å²) in [7, 11) is 1.68. The highest BCUT2D eigenvalue weighted by molar-refractivity contribution is 5.67. The fourth-order valence-electron chi connectivity index (χ4n) is 5.04. The van der Waals surface area contributed by atoms with Gasteiger partial charge in [-0.15, -0.1) is 0 Å². The normalized spacial score (nSPS) is 16.6. The fourth-order valence-corrected chi connectivity index (χ4v) is 5.04. The van der Waals surface area contributed by atoms with Crippen LogP contribution in [-0.2, 0) is 11.4 Å². The van der Waals surface area contributed by atoms with E-state index in [4.69, 9.17) is 9.47 Å². The van der Waals surface area contributed by atoms with E-state index in [2.05, 4.69) is 59.7 Å². The number of rotatable bonds is 9. The van der Waals surface area contributed by atoms with Crippen LogP contribution in [0.25, 0.3) is 11.1 Å². The van der Waals surface area contributed by atoms with Gasteiger partial charge in [0.05, 0.1) is 7.11 Å². The molecule has 1 amide bonds. The molecule has 0 unspecified atom stereocenters. The number of aromatic nitrogens is 1. The molecule has 1 aliphatic rings. The van der Waals surface area contributed by atoms with Crippen LogP contribution in [0.1, 0.15) is 48.3 Å². The lowest BCUT2D eigenvalue weighted by molar-refractivity contribution is -0.109. The number of methoxy groups -OCH3 is 1. The Morgan fingerprint density at radius 3 is 2.32 bits per heavy atom. The highest BCUT2D eigenvalue weighted by atomic mass is 16.5. The molecule has 5 nitrogen and oxygen atoms in total. The van der Waals surface area contributed by atoms with Crippen LogP contribution in [0.3, 0.4) is 0 Å².